The van der Waals surface area contributed by atoms with Gasteiger partial charge in [0, 0.05) is 26.7 Å². The normalized spacial score (nSPS) is 17.9. The lowest BCUT2D eigenvalue weighted by molar-refractivity contribution is -0.126. The van der Waals surface area contributed by atoms with Crippen LogP contribution in [0.4, 0.5) is 4.39 Å². The van der Waals surface area contributed by atoms with Crippen LogP contribution in [-0.2, 0) is 14.3 Å². The summed E-state index contributed by atoms with van der Waals surface area (Å²) in [5.74, 6) is -0.403. The number of carbonyl (C=O) groups is 1. The average molecular weight is 333 g/mol. The van der Waals surface area contributed by atoms with E-state index in [2.05, 4.69) is 10.6 Å². The van der Waals surface area contributed by atoms with Gasteiger partial charge in [0.2, 0.25) is 5.91 Å². The summed E-state index contributed by atoms with van der Waals surface area (Å²) in [5.41, 5.74) is 0. The van der Waals surface area contributed by atoms with Crippen LogP contribution in [0.25, 0.3) is 0 Å². The Balaban J connectivity index is 0.000000255. The van der Waals surface area contributed by atoms with Crippen molar-refractivity contribution >= 4 is 17.5 Å². The Morgan fingerprint density at radius 3 is 2.95 bits per heavy atom. The van der Waals surface area contributed by atoms with Crippen LogP contribution in [0.5, 0.6) is 0 Å². The van der Waals surface area contributed by atoms with Crippen molar-refractivity contribution in [3.63, 3.8) is 0 Å². The third-order valence-corrected chi connectivity index (χ3v) is 3.24. The first kappa shape index (κ1) is 18.8. The van der Waals surface area contributed by atoms with E-state index in [1.165, 1.54) is 12.1 Å². The molecule has 0 bridgehead atoms. The number of ether oxygens (including phenoxy) is 2. The summed E-state index contributed by atoms with van der Waals surface area (Å²) in [6.45, 7) is 3.81. The Bertz CT molecular complexity index is 420. The molecule has 1 aromatic rings. The predicted octanol–water partition coefficient (Wildman–Crippen LogP) is 1.46. The molecule has 1 atom stereocenters. The highest BCUT2D eigenvalue weighted by Gasteiger charge is 2.19. The molecule has 0 radical (unpaired) electrons. The lowest BCUT2D eigenvalue weighted by atomic mass is 10.1. The third kappa shape index (κ3) is 7.70. The van der Waals surface area contributed by atoms with Gasteiger partial charge in [0.25, 0.3) is 0 Å². The Morgan fingerprint density at radius 1 is 1.55 bits per heavy atom. The zero-order valence-corrected chi connectivity index (χ0v) is 13.4. The molecule has 1 saturated heterocycles. The number of rotatable bonds is 4. The maximum atomic E-state index is 12.2. The van der Waals surface area contributed by atoms with Crippen molar-refractivity contribution < 1.29 is 18.7 Å². The van der Waals surface area contributed by atoms with E-state index in [0.29, 0.717) is 32.9 Å². The summed E-state index contributed by atoms with van der Waals surface area (Å²) in [6, 6.07) is 6.12. The molecule has 5 nitrogen and oxygen atoms in total. The number of methoxy groups -OCH3 is 1. The monoisotopic (exact) mass is 332 g/mol. The molecule has 7 heteroatoms. The molecule has 1 aliphatic rings. The van der Waals surface area contributed by atoms with E-state index >= 15 is 0 Å². The Hall–Kier alpha value is -1.21. The maximum absolute atomic E-state index is 12.2. The van der Waals surface area contributed by atoms with Crippen molar-refractivity contribution in [2.75, 3.05) is 46.6 Å². The van der Waals surface area contributed by atoms with Crippen LogP contribution in [0, 0.1) is 11.7 Å². The molecule has 2 rings (SSSR count). The van der Waals surface area contributed by atoms with Gasteiger partial charge in [-0.2, -0.15) is 0 Å². The van der Waals surface area contributed by atoms with Crippen LogP contribution in [0.3, 0.4) is 0 Å². The number of benzene rings is 1. The standard InChI is InChI=1S/C9H18N2O3.C6H4ClF/c1-13-4-3-11-9(12)8-6-10-2-5-14-7-8;7-5-3-1-2-4-6(5)8/h8,10H,2-7H2,1H3,(H,11,12);1-4H. The summed E-state index contributed by atoms with van der Waals surface area (Å²) in [5, 5.41) is 6.12. The first-order chi connectivity index (χ1) is 10.6. The van der Waals surface area contributed by atoms with E-state index in [1.807, 2.05) is 0 Å². The van der Waals surface area contributed by atoms with E-state index in [1.54, 1.807) is 19.2 Å². The minimum absolute atomic E-state index is 0.0384. The molecule has 1 fully saturated rings. The molecule has 0 spiro atoms. The van der Waals surface area contributed by atoms with Crippen LogP contribution < -0.4 is 10.6 Å². The maximum Gasteiger partial charge on any atom is 0.226 e. The second-order valence-corrected chi connectivity index (χ2v) is 5.08. The van der Waals surface area contributed by atoms with E-state index in [4.69, 9.17) is 21.1 Å². The van der Waals surface area contributed by atoms with Crippen LogP contribution in [-0.4, -0.2) is 52.5 Å². The number of hydrogen-bond donors (Lipinski definition) is 2. The highest BCUT2D eigenvalue weighted by atomic mass is 35.5. The fourth-order valence-electron chi connectivity index (χ4n) is 1.73. The van der Waals surface area contributed by atoms with Crippen LogP contribution in [0.1, 0.15) is 0 Å². The number of carbonyl (C=O) groups excluding carboxylic acids is 1. The lowest BCUT2D eigenvalue weighted by Crippen LogP contribution is -2.39. The van der Waals surface area contributed by atoms with Gasteiger partial charge in [-0.05, 0) is 12.1 Å². The van der Waals surface area contributed by atoms with Gasteiger partial charge in [-0.25, -0.2) is 4.39 Å². The first-order valence-corrected chi connectivity index (χ1v) is 7.48. The van der Waals surface area contributed by atoms with Crippen molar-refractivity contribution in [3.8, 4) is 0 Å². The van der Waals surface area contributed by atoms with E-state index in [-0.39, 0.29) is 22.7 Å². The van der Waals surface area contributed by atoms with E-state index < -0.39 is 0 Å². The molecule has 0 aliphatic carbocycles. The quantitative estimate of drug-likeness (QED) is 0.820. The molecular weight excluding hydrogens is 311 g/mol. The van der Waals surface area contributed by atoms with Crippen molar-refractivity contribution in [1.82, 2.24) is 10.6 Å². The van der Waals surface area contributed by atoms with Gasteiger partial charge in [0.15, 0.2) is 0 Å². The van der Waals surface area contributed by atoms with Gasteiger partial charge < -0.3 is 20.1 Å². The van der Waals surface area contributed by atoms with Gasteiger partial charge in [0.1, 0.15) is 5.82 Å². The van der Waals surface area contributed by atoms with Gasteiger partial charge in [-0.15, -0.1) is 0 Å². The molecule has 0 saturated carbocycles. The second kappa shape index (κ2) is 11.4. The minimum atomic E-state index is -0.367. The first-order valence-electron chi connectivity index (χ1n) is 7.10. The van der Waals surface area contributed by atoms with E-state index in [0.717, 1.165) is 6.54 Å². The molecule has 1 amide bonds. The van der Waals surface area contributed by atoms with E-state index in [9.17, 15) is 9.18 Å². The highest BCUT2D eigenvalue weighted by Crippen LogP contribution is 2.11. The van der Waals surface area contributed by atoms with Crippen LogP contribution in [0.15, 0.2) is 24.3 Å². The van der Waals surface area contributed by atoms with Crippen molar-refractivity contribution in [2.45, 2.75) is 0 Å². The summed E-state index contributed by atoms with van der Waals surface area (Å²) in [7, 11) is 1.61. The van der Waals surface area contributed by atoms with Gasteiger partial charge in [0.05, 0.1) is 30.8 Å². The number of amides is 1. The zero-order valence-electron chi connectivity index (χ0n) is 12.6. The molecule has 124 valence electrons. The second-order valence-electron chi connectivity index (χ2n) is 4.67. The molecule has 1 aromatic carbocycles. The molecule has 2 N–H and O–H groups in total. The highest BCUT2D eigenvalue weighted by molar-refractivity contribution is 6.30. The zero-order chi connectivity index (χ0) is 16.2. The minimum Gasteiger partial charge on any atom is -0.383 e. The summed E-state index contributed by atoms with van der Waals surface area (Å²) in [4.78, 5) is 11.5. The Morgan fingerprint density at radius 2 is 2.32 bits per heavy atom. The lowest BCUT2D eigenvalue weighted by Gasteiger charge is -2.13. The van der Waals surface area contributed by atoms with Crippen molar-refractivity contribution in [1.29, 1.82) is 0 Å². The van der Waals surface area contributed by atoms with Crippen molar-refractivity contribution in [2.24, 2.45) is 5.92 Å². The summed E-state index contributed by atoms with van der Waals surface area (Å²) < 4.78 is 22.3. The molecule has 1 heterocycles. The number of hydrogen-bond acceptors (Lipinski definition) is 4. The molecule has 22 heavy (non-hydrogen) atoms. The Kier molecular flexibility index (Phi) is 9.74. The molecule has 0 aromatic heterocycles. The predicted molar refractivity (Wildman–Crippen MR) is 83.5 cm³/mol. The molecule has 1 aliphatic heterocycles. The molecular formula is C15H22ClFN2O3. The fourth-order valence-corrected chi connectivity index (χ4v) is 1.87. The van der Waals surface area contributed by atoms with Crippen molar-refractivity contribution in [3.05, 3.63) is 35.1 Å². The topological polar surface area (TPSA) is 59.6 Å². The van der Waals surface area contributed by atoms with Crippen LogP contribution >= 0.6 is 11.6 Å². The SMILES string of the molecule is COCCNC(=O)C1CNCCOC1.Fc1ccccc1Cl. The Labute approximate surface area is 135 Å². The summed E-state index contributed by atoms with van der Waals surface area (Å²) in [6.07, 6.45) is 0. The van der Waals surface area contributed by atoms with Gasteiger partial charge in [-0.3, -0.25) is 4.79 Å². The smallest absolute Gasteiger partial charge is 0.226 e. The third-order valence-electron chi connectivity index (χ3n) is 2.93. The summed E-state index contributed by atoms with van der Waals surface area (Å²) >= 11 is 5.33. The number of nitrogens with one attached hydrogen (secondary N) is 2. The average Bonchev–Trinajstić information content (AvgIpc) is 2.80. The van der Waals surface area contributed by atoms with Crippen LogP contribution in [0.2, 0.25) is 5.02 Å². The number of halogens is 2. The van der Waals surface area contributed by atoms with Gasteiger partial charge >= 0.3 is 0 Å². The largest absolute Gasteiger partial charge is 0.383 e. The molecule has 1 unspecified atom stereocenters. The fraction of sp³-hybridized carbons (Fsp3) is 0.533. The van der Waals surface area contributed by atoms with Gasteiger partial charge in [-0.1, -0.05) is 23.7 Å².